The zero-order valence-electron chi connectivity index (χ0n) is 12.3. The summed E-state index contributed by atoms with van der Waals surface area (Å²) in [5.74, 6) is -0.0132. The number of nitrogens with one attached hydrogen (secondary N) is 1. The summed E-state index contributed by atoms with van der Waals surface area (Å²) in [5, 5.41) is 13.8. The zero-order valence-corrected chi connectivity index (χ0v) is 13.1. The largest absolute Gasteiger partial charge is 0.454 e. The summed E-state index contributed by atoms with van der Waals surface area (Å²) < 4.78 is 10.4. The lowest BCUT2D eigenvalue weighted by molar-refractivity contribution is -0.133. The van der Waals surface area contributed by atoms with Gasteiger partial charge in [-0.2, -0.15) is 0 Å². The lowest BCUT2D eigenvalue weighted by Crippen LogP contribution is -2.36. The summed E-state index contributed by atoms with van der Waals surface area (Å²) in [6.45, 7) is 0.102. The van der Waals surface area contributed by atoms with Crippen molar-refractivity contribution in [1.82, 2.24) is 0 Å². The summed E-state index contributed by atoms with van der Waals surface area (Å²) >= 11 is 5.95. The first-order valence-electron chi connectivity index (χ1n) is 7.24. The maximum atomic E-state index is 12.6. The molecule has 2 heterocycles. The molecular formula is C17H12ClNO5. The second kappa shape index (κ2) is 5.22. The summed E-state index contributed by atoms with van der Waals surface area (Å²) in [5.41, 5.74) is -0.872. The molecule has 2 aromatic rings. The van der Waals surface area contributed by atoms with Gasteiger partial charge in [0, 0.05) is 21.8 Å². The van der Waals surface area contributed by atoms with Gasteiger partial charge in [-0.3, -0.25) is 9.59 Å². The van der Waals surface area contributed by atoms with Crippen molar-refractivity contribution < 1.29 is 24.2 Å². The molecule has 2 N–H and O–H groups in total. The van der Waals surface area contributed by atoms with Crippen LogP contribution in [0.5, 0.6) is 11.5 Å². The Morgan fingerprint density at radius 1 is 1.21 bits per heavy atom. The maximum Gasteiger partial charge on any atom is 0.261 e. The van der Waals surface area contributed by atoms with E-state index in [1.54, 1.807) is 30.3 Å². The van der Waals surface area contributed by atoms with Gasteiger partial charge in [0.25, 0.3) is 5.91 Å². The molecule has 0 bridgehead atoms. The predicted octanol–water partition coefficient (Wildman–Crippen LogP) is 2.48. The van der Waals surface area contributed by atoms with Crippen LogP contribution in [0.25, 0.3) is 0 Å². The Balaban J connectivity index is 1.66. The van der Waals surface area contributed by atoms with Crippen LogP contribution < -0.4 is 14.8 Å². The Morgan fingerprint density at radius 2 is 2.00 bits per heavy atom. The lowest BCUT2D eigenvalue weighted by atomic mass is 9.88. The molecule has 0 spiro atoms. The number of carbonyl (C=O) groups excluding carboxylic acids is 2. The standard InChI is InChI=1S/C17H12ClNO5/c18-10-2-3-12-11(6-10)17(22,16(21)19-12)7-13(20)9-1-4-14-15(5-9)24-8-23-14/h1-6,22H,7-8H2,(H,19,21). The number of Topliss-reactive ketones (excluding diaryl/α,β-unsaturated/α-hetero) is 1. The fourth-order valence-electron chi connectivity index (χ4n) is 2.90. The number of hydrogen-bond donors (Lipinski definition) is 2. The molecule has 24 heavy (non-hydrogen) atoms. The number of carbonyl (C=O) groups is 2. The zero-order chi connectivity index (χ0) is 16.9. The number of ketones is 1. The highest BCUT2D eigenvalue weighted by Gasteiger charge is 2.47. The average molecular weight is 346 g/mol. The van der Waals surface area contributed by atoms with E-state index in [2.05, 4.69) is 5.32 Å². The molecule has 0 aliphatic carbocycles. The van der Waals surface area contributed by atoms with Gasteiger partial charge in [-0.25, -0.2) is 0 Å². The quantitative estimate of drug-likeness (QED) is 0.835. The fourth-order valence-corrected chi connectivity index (χ4v) is 3.07. The van der Waals surface area contributed by atoms with Crippen LogP contribution in [0.3, 0.4) is 0 Å². The molecule has 1 atom stereocenters. The first-order valence-corrected chi connectivity index (χ1v) is 7.62. The number of benzene rings is 2. The molecule has 1 amide bonds. The van der Waals surface area contributed by atoms with Crippen molar-refractivity contribution in [3.63, 3.8) is 0 Å². The highest BCUT2D eigenvalue weighted by atomic mass is 35.5. The van der Waals surface area contributed by atoms with Gasteiger partial charge in [-0.05, 0) is 36.4 Å². The SMILES string of the molecule is O=C(CC1(O)C(=O)Nc2ccc(Cl)cc21)c1ccc2c(c1)OCO2. The van der Waals surface area contributed by atoms with Gasteiger partial charge in [0.05, 0.1) is 6.42 Å². The van der Waals surface area contributed by atoms with E-state index in [0.717, 1.165) is 0 Å². The van der Waals surface area contributed by atoms with E-state index in [0.29, 0.717) is 33.3 Å². The molecule has 2 aliphatic rings. The summed E-state index contributed by atoms with van der Waals surface area (Å²) in [6, 6.07) is 9.43. The fraction of sp³-hybridized carbons (Fsp3) is 0.176. The van der Waals surface area contributed by atoms with Gasteiger partial charge < -0.3 is 19.9 Å². The molecule has 1 unspecified atom stereocenters. The monoisotopic (exact) mass is 345 g/mol. The van der Waals surface area contributed by atoms with E-state index < -0.39 is 23.7 Å². The number of rotatable bonds is 3. The molecule has 122 valence electrons. The molecule has 2 aromatic carbocycles. The second-order valence-electron chi connectivity index (χ2n) is 5.67. The number of amides is 1. The number of halogens is 1. The van der Waals surface area contributed by atoms with Crippen molar-refractivity contribution in [3.05, 3.63) is 52.5 Å². The highest BCUT2D eigenvalue weighted by molar-refractivity contribution is 6.31. The first kappa shape index (κ1) is 15.0. The van der Waals surface area contributed by atoms with E-state index in [1.807, 2.05) is 0 Å². The molecule has 6 nitrogen and oxygen atoms in total. The minimum atomic E-state index is -1.95. The minimum absolute atomic E-state index is 0.102. The molecule has 0 fully saturated rings. The highest BCUT2D eigenvalue weighted by Crippen LogP contribution is 2.41. The predicted molar refractivity (Wildman–Crippen MR) is 85.5 cm³/mol. The third-order valence-electron chi connectivity index (χ3n) is 4.16. The number of anilines is 1. The lowest BCUT2D eigenvalue weighted by Gasteiger charge is -2.20. The van der Waals surface area contributed by atoms with Gasteiger partial charge in [-0.1, -0.05) is 11.6 Å². The number of ether oxygens (including phenoxy) is 2. The van der Waals surface area contributed by atoms with Crippen LogP contribution >= 0.6 is 11.6 Å². The first-order chi connectivity index (χ1) is 11.5. The van der Waals surface area contributed by atoms with E-state index in [1.165, 1.54) is 6.07 Å². The van der Waals surface area contributed by atoms with Crippen LogP contribution in [-0.2, 0) is 10.4 Å². The summed E-state index contributed by atoms with van der Waals surface area (Å²) in [6.07, 6.45) is -0.397. The molecule has 0 radical (unpaired) electrons. The topological polar surface area (TPSA) is 84.9 Å². The van der Waals surface area contributed by atoms with Crippen LogP contribution in [0.1, 0.15) is 22.3 Å². The van der Waals surface area contributed by atoms with Gasteiger partial charge in [0.15, 0.2) is 22.9 Å². The van der Waals surface area contributed by atoms with Crippen LogP contribution in [-0.4, -0.2) is 23.6 Å². The molecule has 2 aliphatic heterocycles. The average Bonchev–Trinajstić information content (AvgIpc) is 3.11. The Bertz CT molecular complexity index is 881. The minimum Gasteiger partial charge on any atom is -0.454 e. The summed E-state index contributed by atoms with van der Waals surface area (Å²) in [7, 11) is 0. The van der Waals surface area contributed by atoms with Gasteiger partial charge >= 0.3 is 0 Å². The normalized spacial score (nSPS) is 20.7. The van der Waals surface area contributed by atoms with Crippen LogP contribution in [0, 0.1) is 0 Å². The Labute approximate surface area is 141 Å². The summed E-state index contributed by atoms with van der Waals surface area (Å²) in [4.78, 5) is 24.8. The smallest absolute Gasteiger partial charge is 0.261 e. The van der Waals surface area contributed by atoms with Crippen molar-refractivity contribution in [2.24, 2.45) is 0 Å². The molecular weight excluding hydrogens is 334 g/mol. The second-order valence-corrected chi connectivity index (χ2v) is 6.11. The Morgan fingerprint density at radius 3 is 2.83 bits per heavy atom. The van der Waals surface area contributed by atoms with Crippen molar-refractivity contribution >= 4 is 29.0 Å². The van der Waals surface area contributed by atoms with Crippen LogP contribution in [0.15, 0.2) is 36.4 Å². The molecule has 0 saturated heterocycles. The Kier molecular flexibility index (Phi) is 3.26. The van der Waals surface area contributed by atoms with Gasteiger partial charge in [-0.15, -0.1) is 0 Å². The van der Waals surface area contributed by atoms with Gasteiger partial charge in [0.2, 0.25) is 6.79 Å². The van der Waals surface area contributed by atoms with Crippen LogP contribution in [0.2, 0.25) is 5.02 Å². The van der Waals surface area contributed by atoms with E-state index >= 15 is 0 Å². The molecule has 0 aromatic heterocycles. The third kappa shape index (κ3) is 2.23. The number of hydrogen-bond acceptors (Lipinski definition) is 5. The van der Waals surface area contributed by atoms with E-state index in [-0.39, 0.29) is 6.79 Å². The Hall–Kier alpha value is -2.57. The van der Waals surface area contributed by atoms with E-state index in [4.69, 9.17) is 21.1 Å². The number of aliphatic hydroxyl groups is 1. The van der Waals surface area contributed by atoms with E-state index in [9.17, 15) is 14.7 Å². The van der Waals surface area contributed by atoms with Gasteiger partial charge in [0.1, 0.15) is 0 Å². The number of fused-ring (bicyclic) bond motifs is 2. The van der Waals surface area contributed by atoms with Crippen molar-refractivity contribution in [2.75, 3.05) is 12.1 Å². The van der Waals surface area contributed by atoms with Crippen molar-refractivity contribution in [1.29, 1.82) is 0 Å². The maximum absolute atomic E-state index is 12.6. The molecule has 0 saturated carbocycles. The van der Waals surface area contributed by atoms with Crippen molar-refractivity contribution in [3.8, 4) is 11.5 Å². The molecule has 7 heteroatoms. The third-order valence-corrected chi connectivity index (χ3v) is 4.40. The molecule has 4 rings (SSSR count). The van der Waals surface area contributed by atoms with Crippen LogP contribution in [0.4, 0.5) is 5.69 Å². The van der Waals surface area contributed by atoms with Crippen molar-refractivity contribution in [2.45, 2.75) is 12.0 Å².